The number of benzene rings is 3. The third kappa shape index (κ3) is 6.05. The summed E-state index contributed by atoms with van der Waals surface area (Å²) in [7, 11) is 0. The number of hydrogen-bond donors (Lipinski definition) is 1. The molecule has 0 bridgehead atoms. The van der Waals surface area contributed by atoms with Gasteiger partial charge in [0.2, 0.25) is 0 Å². The van der Waals surface area contributed by atoms with Gasteiger partial charge in [0.25, 0.3) is 5.91 Å². The normalized spacial score (nSPS) is 10.9. The molecule has 174 valence electrons. The molecule has 3 aromatic carbocycles. The first-order valence-corrected chi connectivity index (χ1v) is 11.8. The predicted molar refractivity (Wildman–Crippen MR) is 138 cm³/mol. The highest BCUT2D eigenvalue weighted by Gasteiger charge is 2.13. The second kappa shape index (κ2) is 10.7. The molecule has 0 unspecified atom stereocenters. The second-order valence-electron chi connectivity index (χ2n) is 7.65. The summed E-state index contributed by atoms with van der Waals surface area (Å²) in [5.74, 6) is 0.568. The first-order chi connectivity index (χ1) is 16.3. The molecule has 0 aliphatic heterocycles. The summed E-state index contributed by atoms with van der Waals surface area (Å²) in [6, 6.07) is 18.0. The highest BCUT2D eigenvalue weighted by Crippen LogP contribution is 2.27. The zero-order valence-corrected chi connectivity index (χ0v) is 21.0. The SMILES string of the molecule is Cc1ccc(Cl)c(OCc2ccc(C(=O)Nc3nn(Cc4ccc(Cl)c(Cl)c4)cc3Cl)cc2)c1. The Balaban J connectivity index is 1.38. The maximum absolute atomic E-state index is 12.7. The van der Waals surface area contributed by atoms with Gasteiger partial charge in [-0.15, -0.1) is 0 Å². The molecule has 4 aromatic rings. The molecule has 34 heavy (non-hydrogen) atoms. The lowest BCUT2D eigenvalue weighted by Crippen LogP contribution is -2.13. The van der Waals surface area contributed by atoms with Crippen molar-refractivity contribution in [3.05, 3.63) is 109 Å². The van der Waals surface area contributed by atoms with Crippen LogP contribution < -0.4 is 10.1 Å². The predicted octanol–water partition coefficient (Wildman–Crippen LogP) is 7.68. The van der Waals surface area contributed by atoms with Crippen molar-refractivity contribution in [3.8, 4) is 5.75 Å². The van der Waals surface area contributed by atoms with Gasteiger partial charge in [-0.3, -0.25) is 9.48 Å². The first kappa shape index (κ1) is 24.4. The third-order valence-corrected chi connectivity index (χ3v) is 6.30. The molecular formula is C25H19Cl4N3O2. The molecule has 0 radical (unpaired) electrons. The third-order valence-electron chi connectivity index (χ3n) is 4.97. The Bertz CT molecular complexity index is 1340. The second-order valence-corrected chi connectivity index (χ2v) is 9.27. The number of hydrogen-bond acceptors (Lipinski definition) is 3. The topological polar surface area (TPSA) is 56.1 Å². The van der Waals surface area contributed by atoms with E-state index in [1.165, 1.54) is 0 Å². The van der Waals surface area contributed by atoms with Crippen LogP contribution in [0.1, 0.15) is 27.0 Å². The number of ether oxygens (including phenoxy) is 1. The number of nitrogens with one attached hydrogen (secondary N) is 1. The largest absolute Gasteiger partial charge is 0.487 e. The van der Waals surface area contributed by atoms with Crippen LogP contribution in [-0.2, 0) is 13.2 Å². The minimum Gasteiger partial charge on any atom is -0.487 e. The monoisotopic (exact) mass is 533 g/mol. The summed E-state index contributed by atoms with van der Waals surface area (Å²) < 4.78 is 7.42. The first-order valence-electron chi connectivity index (χ1n) is 10.2. The zero-order chi connectivity index (χ0) is 24.2. The van der Waals surface area contributed by atoms with Crippen LogP contribution in [-0.4, -0.2) is 15.7 Å². The van der Waals surface area contributed by atoms with Crippen molar-refractivity contribution in [2.45, 2.75) is 20.1 Å². The average molecular weight is 535 g/mol. The van der Waals surface area contributed by atoms with Gasteiger partial charge < -0.3 is 10.1 Å². The van der Waals surface area contributed by atoms with Gasteiger partial charge in [-0.05, 0) is 60.0 Å². The van der Waals surface area contributed by atoms with E-state index in [0.29, 0.717) is 44.6 Å². The molecule has 1 aromatic heterocycles. The van der Waals surface area contributed by atoms with Crippen LogP contribution >= 0.6 is 46.4 Å². The Morgan fingerprint density at radius 2 is 1.59 bits per heavy atom. The Kier molecular flexibility index (Phi) is 7.69. The van der Waals surface area contributed by atoms with Gasteiger partial charge in [0.15, 0.2) is 5.82 Å². The minimum atomic E-state index is -0.323. The zero-order valence-electron chi connectivity index (χ0n) is 18.0. The molecule has 0 aliphatic carbocycles. The molecule has 1 N–H and O–H groups in total. The number of amides is 1. The van der Waals surface area contributed by atoms with Crippen LogP contribution in [0.25, 0.3) is 0 Å². The summed E-state index contributed by atoms with van der Waals surface area (Å²) in [6.07, 6.45) is 1.64. The number of aromatic nitrogens is 2. The van der Waals surface area contributed by atoms with Gasteiger partial charge in [0.05, 0.1) is 21.6 Å². The lowest BCUT2D eigenvalue weighted by Gasteiger charge is -2.09. The van der Waals surface area contributed by atoms with Crippen molar-refractivity contribution >= 4 is 58.1 Å². The average Bonchev–Trinajstić information content (AvgIpc) is 3.15. The van der Waals surface area contributed by atoms with Crippen LogP contribution in [0.5, 0.6) is 5.75 Å². The molecule has 9 heteroatoms. The number of rotatable bonds is 7. The molecule has 0 aliphatic rings. The molecule has 5 nitrogen and oxygen atoms in total. The fourth-order valence-electron chi connectivity index (χ4n) is 3.20. The lowest BCUT2D eigenvalue weighted by atomic mass is 10.1. The fraction of sp³-hybridized carbons (Fsp3) is 0.120. The highest BCUT2D eigenvalue weighted by atomic mass is 35.5. The van der Waals surface area contributed by atoms with Crippen LogP contribution in [0.3, 0.4) is 0 Å². The van der Waals surface area contributed by atoms with E-state index < -0.39 is 0 Å². The van der Waals surface area contributed by atoms with E-state index in [9.17, 15) is 4.79 Å². The molecule has 1 amide bonds. The lowest BCUT2D eigenvalue weighted by molar-refractivity contribution is 0.102. The maximum atomic E-state index is 12.7. The standard InChI is InChI=1S/C25H19Cl4N3O2/c1-15-2-8-20(27)23(10-15)34-14-16-3-6-18(7-4-16)25(33)30-24-22(29)13-32(31-24)12-17-5-9-19(26)21(28)11-17/h2-11,13H,12,14H2,1H3,(H,30,31,33). The number of carbonyl (C=O) groups is 1. The van der Waals surface area contributed by atoms with Crippen molar-refractivity contribution in [2.75, 3.05) is 5.32 Å². The number of carbonyl (C=O) groups excluding carboxylic acids is 1. The molecule has 0 saturated heterocycles. The van der Waals surface area contributed by atoms with Gasteiger partial charge in [-0.2, -0.15) is 5.10 Å². The molecule has 0 saturated carbocycles. The fourth-order valence-corrected chi connectivity index (χ4v) is 3.89. The van der Waals surface area contributed by atoms with Crippen molar-refractivity contribution < 1.29 is 9.53 Å². The van der Waals surface area contributed by atoms with Gasteiger partial charge in [-0.1, -0.05) is 70.7 Å². The van der Waals surface area contributed by atoms with Crippen LogP contribution in [0.15, 0.2) is 66.9 Å². The summed E-state index contributed by atoms with van der Waals surface area (Å²) in [6.45, 7) is 2.72. The van der Waals surface area contributed by atoms with Crippen molar-refractivity contribution in [1.29, 1.82) is 0 Å². The molecular weight excluding hydrogens is 516 g/mol. The Morgan fingerprint density at radius 1 is 0.882 bits per heavy atom. The quantitative estimate of drug-likeness (QED) is 0.264. The number of aryl methyl sites for hydroxylation is 1. The van der Waals surface area contributed by atoms with Gasteiger partial charge in [0, 0.05) is 11.8 Å². The van der Waals surface area contributed by atoms with Crippen LogP contribution in [0, 0.1) is 6.92 Å². The molecule has 4 rings (SSSR count). The molecule has 0 fully saturated rings. The van der Waals surface area contributed by atoms with E-state index >= 15 is 0 Å². The summed E-state index contributed by atoms with van der Waals surface area (Å²) in [5.41, 5.74) is 3.33. The number of anilines is 1. The highest BCUT2D eigenvalue weighted by molar-refractivity contribution is 6.42. The van der Waals surface area contributed by atoms with E-state index in [4.69, 9.17) is 51.1 Å². The van der Waals surface area contributed by atoms with E-state index in [1.54, 1.807) is 41.2 Å². The van der Waals surface area contributed by atoms with Crippen molar-refractivity contribution in [3.63, 3.8) is 0 Å². The van der Waals surface area contributed by atoms with E-state index in [2.05, 4.69) is 10.4 Å². The van der Waals surface area contributed by atoms with Gasteiger partial charge in [-0.25, -0.2) is 0 Å². The van der Waals surface area contributed by atoms with Gasteiger partial charge >= 0.3 is 0 Å². The number of halogens is 4. The summed E-state index contributed by atoms with van der Waals surface area (Å²) >= 11 is 24.5. The van der Waals surface area contributed by atoms with Crippen molar-refractivity contribution in [1.82, 2.24) is 9.78 Å². The smallest absolute Gasteiger partial charge is 0.256 e. The maximum Gasteiger partial charge on any atom is 0.256 e. The van der Waals surface area contributed by atoms with E-state index in [-0.39, 0.29) is 11.7 Å². The van der Waals surface area contributed by atoms with E-state index in [0.717, 1.165) is 16.7 Å². The van der Waals surface area contributed by atoms with E-state index in [1.807, 2.05) is 37.3 Å². The Labute approximate surface area is 217 Å². The molecule has 1 heterocycles. The minimum absolute atomic E-state index is 0.272. The summed E-state index contributed by atoms with van der Waals surface area (Å²) in [4.78, 5) is 12.7. The van der Waals surface area contributed by atoms with Crippen molar-refractivity contribution in [2.24, 2.45) is 0 Å². The van der Waals surface area contributed by atoms with Gasteiger partial charge in [0.1, 0.15) is 17.4 Å². The van der Waals surface area contributed by atoms with Crippen LogP contribution in [0.4, 0.5) is 5.82 Å². The Morgan fingerprint density at radius 3 is 2.32 bits per heavy atom. The Hall–Kier alpha value is -2.70. The van der Waals surface area contributed by atoms with Crippen LogP contribution in [0.2, 0.25) is 20.1 Å². The summed E-state index contributed by atoms with van der Waals surface area (Å²) in [5, 5.41) is 8.93. The molecule has 0 atom stereocenters. The number of nitrogens with zero attached hydrogens (tertiary/aromatic N) is 2. The molecule has 0 spiro atoms.